The first-order valence-electron chi connectivity index (χ1n) is 6.64. The summed E-state index contributed by atoms with van der Waals surface area (Å²) in [7, 11) is 1.08. The van der Waals surface area contributed by atoms with Crippen molar-refractivity contribution in [3.8, 4) is 0 Å². The number of benzene rings is 1. The summed E-state index contributed by atoms with van der Waals surface area (Å²) in [6.45, 7) is 0. The standard InChI is InChI=1S/C14H11Cl2FN2O5/c1-24-14(21)8(5-18-6-2-3-6)13(20)7-4-9(17)11(16)12(10(7)15)19(22)23/h4-6,20H,2-3H2,1H3/b13-8-,18-5?. The second kappa shape index (κ2) is 7.14. The molecule has 7 nitrogen and oxygen atoms in total. The van der Waals surface area contributed by atoms with E-state index >= 15 is 0 Å². The molecule has 1 aliphatic carbocycles. The van der Waals surface area contributed by atoms with Gasteiger partial charge in [0.2, 0.25) is 0 Å². The third-order valence-electron chi connectivity index (χ3n) is 3.19. The lowest BCUT2D eigenvalue weighted by Crippen LogP contribution is -2.10. The molecule has 0 spiro atoms. The number of hydrogen-bond donors (Lipinski definition) is 1. The average molecular weight is 377 g/mol. The van der Waals surface area contributed by atoms with E-state index < -0.39 is 49.3 Å². The Morgan fingerprint density at radius 2 is 2.12 bits per heavy atom. The van der Waals surface area contributed by atoms with E-state index in [1.807, 2.05) is 0 Å². The number of halogens is 3. The zero-order valence-electron chi connectivity index (χ0n) is 12.3. The van der Waals surface area contributed by atoms with E-state index in [0.29, 0.717) is 6.07 Å². The van der Waals surface area contributed by atoms with Crippen molar-refractivity contribution in [2.75, 3.05) is 7.11 Å². The van der Waals surface area contributed by atoms with Crippen LogP contribution in [0, 0.1) is 15.9 Å². The number of carbonyl (C=O) groups is 1. The maximum absolute atomic E-state index is 13.8. The molecule has 1 aromatic rings. The van der Waals surface area contributed by atoms with Gasteiger partial charge in [0.1, 0.15) is 22.2 Å². The third-order valence-corrected chi connectivity index (χ3v) is 3.93. The highest BCUT2D eigenvalue weighted by atomic mass is 35.5. The number of aliphatic hydroxyl groups excluding tert-OH is 1. The highest BCUT2D eigenvalue weighted by Gasteiger charge is 2.29. The van der Waals surface area contributed by atoms with Gasteiger partial charge in [-0.05, 0) is 18.9 Å². The van der Waals surface area contributed by atoms with E-state index in [2.05, 4.69) is 9.73 Å². The van der Waals surface area contributed by atoms with Gasteiger partial charge in [0, 0.05) is 11.8 Å². The Morgan fingerprint density at radius 3 is 2.62 bits per heavy atom. The highest BCUT2D eigenvalue weighted by molar-refractivity contribution is 6.39. The van der Waals surface area contributed by atoms with Crippen LogP contribution in [-0.2, 0) is 9.53 Å². The van der Waals surface area contributed by atoms with Crippen molar-refractivity contribution in [2.24, 2.45) is 4.99 Å². The maximum Gasteiger partial charge on any atom is 0.343 e. The van der Waals surface area contributed by atoms with Crippen LogP contribution in [0.1, 0.15) is 18.4 Å². The van der Waals surface area contributed by atoms with Gasteiger partial charge in [0.15, 0.2) is 5.02 Å². The Balaban J connectivity index is 2.65. The first kappa shape index (κ1) is 18.2. The Bertz CT molecular complexity index is 775. The molecule has 0 amide bonds. The van der Waals surface area contributed by atoms with Crippen molar-refractivity contribution < 1.29 is 24.0 Å². The second-order valence-electron chi connectivity index (χ2n) is 4.90. The second-order valence-corrected chi connectivity index (χ2v) is 5.66. The van der Waals surface area contributed by atoms with E-state index in [1.54, 1.807) is 0 Å². The molecule has 1 fully saturated rings. The molecule has 1 N–H and O–H groups in total. The first-order chi connectivity index (χ1) is 11.3. The zero-order chi connectivity index (χ0) is 18.0. The topological polar surface area (TPSA) is 102 Å². The van der Waals surface area contributed by atoms with Gasteiger partial charge in [0.05, 0.1) is 18.1 Å². The molecule has 0 saturated heterocycles. The monoisotopic (exact) mass is 376 g/mol. The largest absolute Gasteiger partial charge is 0.506 e. The minimum Gasteiger partial charge on any atom is -0.506 e. The van der Waals surface area contributed by atoms with Gasteiger partial charge < -0.3 is 9.84 Å². The number of methoxy groups -OCH3 is 1. The van der Waals surface area contributed by atoms with Gasteiger partial charge in [-0.3, -0.25) is 15.1 Å². The molecule has 1 saturated carbocycles. The third kappa shape index (κ3) is 3.65. The summed E-state index contributed by atoms with van der Waals surface area (Å²) < 4.78 is 18.4. The Kier molecular flexibility index (Phi) is 5.40. The number of rotatable bonds is 5. The molecule has 0 aromatic heterocycles. The van der Waals surface area contributed by atoms with Crippen molar-refractivity contribution in [3.05, 3.63) is 43.2 Å². The molecule has 0 atom stereocenters. The molecule has 10 heteroatoms. The van der Waals surface area contributed by atoms with Crippen LogP contribution in [-0.4, -0.2) is 35.4 Å². The van der Waals surface area contributed by atoms with Crippen molar-refractivity contribution in [1.82, 2.24) is 0 Å². The quantitative estimate of drug-likeness (QED) is 0.160. The Hall–Kier alpha value is -2.19. The SMILES string of the molecule is COC(=O)/C(C=NC1CC1)=C(\O)c1cc(F)c(Cl)c([N+](=O)[O-])c1Cl. The fraction of sp³-hybridized carbons (Fsp3) is 0.286. The Labute approximate surface area is 145 Å². The average Bonchev–Trinajstić information content (AvgIpc) is 3.34. The number of aliphatic hydroxyl groups is 1. The van der Waals surface area contributed by atoms with Crippen LogP contribution in [0.25, 0.3) is 5.76 Å². The number of carbonyl (C=O) groups excluding carboxylic acids is 1. The van der Waals surface area contributed by atoms with Crippen LogP contribution in [0.4, 0.5) is 10.1 Å². The van der Waals surface area contributed by atoms with Crippen LogP contribution in [0.2, 0.25) is 10.0 Å². The lowest BCUT2D eigenvalue weighted by atomic mass is 10.1. The van der Waals surface area contributed by atoms with E-state index in [9.17, 15) is 24.4 Å². The summed E-state index contributed by atoms with van der Waals surface area (Å²) >= 11 is 11.4. The minimum absolute atomic E-state index is 0.0317. The fourth-order valence-corrected chi connectivity index (χ4v) is 2.37. The number of nitro benzene ring substituents is 1. The lowest BCUT2D eigenvalue weighted by molar-refractivity contribution is -0.384. The summed E-state index contributed by atoms with van der Waals surface area (Å²) in [6, 6.07) is 0.727. The number of ether oxygens (including phenoxy) is 1. The van der Waals surface area contributed by atoms with Gasteiger partial charge in [-0.2, -0.15) is 0 Å². The number of aliphatic imine (C=N–C) groups is 1. The van der Waals surface area contributed by atoms with Gasteiger partial charge in [-0.1, -0.05) is 23.2 Å². The number of nitro groups is 1. The summed E-state index contributed by atoms with van der Waals surface area (Å²) in [4.78, 5) is 25.9. The molecule has 0 aliphatic heterocycles. The molecule has 1 aromatic carbocycles. The van der Waals surface area contributed by atoms with E-state index in [1.165, 1.54) is 0 Å². The number of nitrogens with zero attached hydrogens (tertiary/aromatic N) is 2. The van der Waals surface area contributed by atoms with Crippen molar-refractivity contribution in [2.45, 2.75) is 18.9 Å². The van der Waals surface area contributed by atoms with Gasteiger partial charge in [-0.25, -0.2) is 9.18 Å². The minimum atomic E-state index is -1.17. The van der Waals surface area contributed by atoms with Crippen LogP contribution >= 0.6 is 23.2 Å². The molecule has 24 heavy (non-hydrogen) atoms. The lowest BCUT2D eigenvalue weighted by Gasteiger charge is -2.09. The van der Waals surface area contributed by atoms with Gasteiger partial charge >= 0.3 is 11.7 Å². The van der Waals surface area contributed by atoms with Crippen LogP contribution in [0.15, 0.2) is 16.6 Å². The number of hydrogen-bond acceptors (Lipinski definition) is 6. The molecule has 0 bridgehead atoms. The molecule has 2 rings (SSSR count). The van der Waals surface area contributed by atoms with E-state index in [4.69, 9.17) is 23.2 Å². The predicted molar refractivity (Wildman–Crippen MR) is 86.2 cm³/mol. The molecule has 1 aliphatic rings. The van der Waals surface area contributed by atoms with E-state index in [0.717, 1.165) is 26.2 Å². The van der Waals surface area contributed by atoms with Gasteiger partial charge in [0.25, 0.3) is 0 Å². The fourth-order valence-electron chi connectivity index (χ4n) is 1.79. The van der Waals surface area contributed by atoms with Crippen LogP contribution in [0.3, 0.4) is 0 Å². The summed E-state index contributed by atoms with van der Waals surface area (Å²) in [5.41, 5.74) is -1.78. The van der Waals surface area contributed by atoms with E-state index in [-0.39, 0.29) is 6.04 Å². The van der Waals surface area contributed by atoms with Crippen LogP contribution < -0.4 is 0 Å². The highest BCUT2D eigenvalue weighted by Crippen LogP contribution is 2.40. The van der Waals surface area contributed by atoms with Crippen LogP contribution in [0.5, 0.6) is 0 Å². The molecule has 0 unspecified atom stereocenters. The summed E-state index contributed by atoms with van der Waals surface area (Å²) in [6.07, 6.45) is 2.76. The number of esters is 1. The maximum atomic E-state index is 13.8. The summed E-state index contributed by atoms with van der Waals surface area (Å²) in [5.74, 6) is -2.92. The van der Waals surface area contributed by atoms with Gasteiger partial charge in [-0.15, -0.1) is 0 Å². The zero-order valence-corrected chi connectivity index (χ0v) is 13.8. The normalized spacial score (nSPS) is 15.3. The molecular weight excluding hydrogens is 366 g/mol. The van der Waals surface area contributed by atoms with Crippen molar-refractivity contribution in [3.63, 3.8) is 0 Å². The summed E-state index contributed by atoms with van der Waals surface area (Å²) in [5, 5.41) is 19.9. The molecule has 0 radical (unpaired) electrons. The van der Waals surface area contributed by atoms with Crippen molar-refractivity contribution >= 4 is 46.8 Å². The molecule has 0 heterocycles. The van der Waals surface area contributed by atoms with Crippen molar-refractivity contribution in [1.29, 1.82) is 0 Å². The first-order valence-corrected chi connectivity index (χ1v) is 7.40. The Morgan fingerprint density at radius 1 is 1.50 bits per heavy atom. The predicted octanol–water partition coefficient (Wildman–Crippen LogP) is 3.72. The smallest absolute Gasteiger partial charge is 0.343 e. The molecular formula is C14H11Cl2FN2O5. The molecule has 128 valence electrons.